The predicted molar refractivity (Wildman–Crippen MR) is 64.7 cm³/mol. The van der Waals surface area contributed by atoms with Gasteiger partial charge in [-0.15, -0.1) is 0 Å². The van der Waals surface area contributed by atoms with E-state index in [0.717, 1.165) is 22.4 Å². The molecule has 0 aliphatic heterocycles. The SMILES string of the molecule is CCSCc1cc2ccc(F)cc2n1C. The Bertz CT molecular complexity index is 476. The fourth-order valence-corrected chi connectivity index (χ4v) is 2.40. The highest BCUT2D eigenvalue weighted by atomic mass is 32.2. The van der Waals surface area contributed by atoms with Crippen LogP contribution in [0.1, 0.15) is 12.6 Å². The van der Waals surface area contributed by atoms with Gasteiger partial charge in [0.05, 0.1) is 5.52 Å². The Hall–Kier alpha value is -0.960. The van der Waals surface area contributed by atoms with E-state index >= 15 is 0 Å². The number of thioether (sulfide) groups is 1. The first-order valence-corrected chi connectivity index (χ1v) is 6.19. The van der Waals surface area contributed by atoms with Crippen LogP contribution in [0.2, 0.25) is 0 Å². The van der Waals surface area contributed by atoms with E-state index in [1.807, 2.05) is 24.9 Å². The van der Waals surface area contributed by atoms with Crippen molar-refractivity contribution in [2.45, 2.75) is 12.7 Å². The van der Waals surface area contributed by atoms with Crippen LogP contribution in [-0.4, -0.2) is 10.3 Å². The van der Waals surface area contributed by atoms with E-state index in [2.05, 4.69) is 17.6 Å². The second kappa shape index (κ2) is 4.27. The molecule has 1 heterocycles. The summed E-state index contributed by atoms with van der Waals surface area (Å²) in [5.74, 6) is 1.93. The third-order valence-electron chi connectivity index (χ3n) is 2.56. The molecule has 0 aliphatic rings. The molecule has 0 aliphatic carbocycles. The van der Waals surface area contributed by atoms with Crippen molar-refractivity contribution in [1.82, 2.24) is 4.57 Å². The zero-order valence-electron chi connectivity index (χ0n) is 8.96. The molecule has 0 saturated carbocycles. The lowest BCUT2D eigenvalue weighted by molar-refractivity contribution is 0.629. The summed E-state index contributed by atoms with van der Waals surface area (Å²) in [5.41, 5.74) is 2.23. The first-order chi connectivity index (χ1) is 7.22. The second-order valence-corrected chi connectivity index (χ2v) is 4.81. The quantitative estimate of drug-likeness (QED) is 0.770. The first-order valence-electron chi connectivity index (χ1n) is 5.04. The molecule has 0 saturated heterocycles. The van der Waals surface area contributed by atoms with Gasteiger partial charge >= 0.3 is 0 Å². The zero-order valence-corrected chi connectivity index (χ0v) is 9.77. The van der Waals surface area contributed by atoms with Crippen LogP contribution < -0.4 is 0 Å². The molecule has 15 heavy (non-hydrogen) atoms. The average molecular weight is 223 g/mol. The van der Waals surface area contributed by atoms with Crippen molar-refractivity contribution in [3.8, 4) is 0 Å². The van der Waals surface area contributed by atoms with Crippen molar-refractivity contribution in [3.05, 3.63) is 35.8 Å². The minimum atomic E-state index is -0.168. The normalized spacial score (nSPS) is 11.1. The van der Waals surface area contributed by atoms with Crippen LogP contribution in [0.15, 0.2) is 24.3 Å². The van der Waals surface area contributed by atoms with Crippen molar-refractivity contribution in [3.63, 3.8) is 0 Å². The van der Waals surface area contributed by atoms with Gasteiger partial charge in [0.1, 0.15) is 5.82 Å². The Morgan fingerprint density at radius 1 is 1.33 bits per heavy atom. The lowest BCUT2D eigenvalue weighted by Crippen LogP contribution is -1.94. The monoisotopic (exact) mass is 223 g/mol. The van der Waals surface area contributed by atoms with Crippen molar-refractivity contribution in [1.29, 1.82) is 0 Å². The summed E-state index contributed by atoms with van der Waals surface area (Å²) < 4.78 is 15.1. The maximum Gasteiger partial charge on any atom is 0.125 e. The van der Waals surface area contributed by atoms with E-state index in [1.165, 1.54) is 11.8 Å². The highest BCUT2D eigenvalue weighted by molar-refractivity contribution is 7.98. The highest BCUT2D eigenvalue weighted by Gasteiger charge is 2.05. The smallest absolute Gasteiger partial charge is 0.125 e. The number of benzene rings is 1. The van der Waals surface area contributed by atoms with Crippen molar-refractivity contribution < 1.29 is 4.39 Å². The molecule has 0 radical (unpaired) electrons. The fourth-order valence-electron chi connectivity index (χ4n) is 1.71. The number of fused-ring (bicyclic) bond motifs is 1. The van der Waals surface area contributed by atoms with Gasteiger partial charge in [0, 0.05) is 23.9 Å². The van der Waals surface area contributed by atoms with E-state index < -0.39 is 0 Å². The fraction of sp³-hybridized carbons (Fsp3) is 0.333. The molecule has 1 aromatic heterocycles. The number of hydrogen-bond donors (Lipinski definition) is 0. The van der Waals surface area contributed by atoms with Gasteiger partial charge < -0.3 is 4.57 Å². The summed E-state index contributed by atoms with van der Waals surface area (Å²) in [7, 11) is 1.99. The standard InChI is InChI=1S/C12H14FNS/c1-3-15-8-11-6-9-4-5-10(13)7-12(9)14(11)2/h4-7H,3,8H2,1-2H3. The van der Waals surface area contributed by atoms with Crippen molar-refractivity contribution in [2.24, 2.45) is 7.05 Å². The molecule has 1 nitrogen and oxygen atoms in total. The van der Waals surface area contributed by atoms with E-state index in [9.17, 15) is 4.39 Å². The zero-order chi connectivity index (χ0) is 10.8. The van der Waals surface area contributed by atoms with Crippen LogP contribution in [-0.2, 0) is 12.8 Å². The lowest BCUT2D eigenvalue weighted by atomic mass is 10.2. The minimum absolute atomic E-state index is 0.168. The van der Waals surface area contributed by atoms with E-state index in [0.29, 0.717) is 0 Å². The topological polar surface area (TPSA) is 4.93 Å². The number of halogens is 1. The van der Waals surface area contributed by atoms with Crippen LogP contribution >= 0.6 is 11.8 Å². The third-order valence-corrected chi connectivity index (χ3v) is 3.47. The molecule has 2 rings (SSSR count). The number of aromatic nitrogens is 1. The van der Waals surface area contributed by atoms with E-state index in [4.69, 9.17) is 0 Å². The number of aryl methyl sites for hydroxylation is 1. The van der Waals surface area contributed by atoms with Crippen molar-refractivity contribution >= 4 is 22.7 Å². The molecular weight excluding hydrogens is 209 g/mol. The minimum Gasteiger partial charge on any atom is -0.347 e. The maximum atomic E-state index is 13.1. The second-order valence-electron chi connectivity index (χ2n) is 3.53. The van der Waals surface area contributed by atoms with Gasteiger partial charge in [0.2, 0.25) is 0 Å². The molecule has 1 aromatic carbocycles. The van der Waals surface area contributed by atoms with Crippen LogP contribution in [0, 0.1) is 5.82 Å². The van der Waals surface area contributed by atoms with Gasteiger partial charge in [0.25, 0.3) is 0 Å². The number of hydrogen-bond acceptors (Lipinski definition) is 1. The molecule has 3 heteroatoms. The lowest BCUT2D eigenvalue weighted by Gasteiger charge is -2.02. The van der Waals surface area contributed by atoms with Gasteiger partial charge in [-0.1, -0.05) is 6.92 Å². The van der Waals surface area contributed by atoms with E-state index in [-0.39, 0.29) is 5.82 Å². The summed E-state index contributed by atoms with van der Waals surface area (Å²) in [6.45, 7) is 2.15. The average Bonchev–Trinajstić information content (AvgIpc) is 2.53. The Labute approximate surface area is 93.3 Å². The van der Waals surface area contributed by atoms with Gasteiger partial charge in [-0.3, -0.25) is 0 Å². The molecule has 2 aromatic rings. The van der Waals surface area contributed by atoms with Gasteiger partial charge in [-0.05, 0) is 30.0 Å². The largest absolute Gasteiger partial charge is 0.347 e. The summed E-state index contributed by atoms with van der Waals surface area (Å²) in [4.78, 5) is 0. The van der Waals surface area contributed by atoms with Crippen LogP contribution in [0.25, 0.3) is 10.9 Å². The van der Waals surface area contributed by atoms with Crippen LogP contribution in [0.5, 0.6) is 0 Å². The molecule has 0 N–H and O–H groups in total. The molecular formula is C12H14FNS. The molecule has 80 valence electrons. The summed E-state index contributed by atoms with van der Waals surface area (Å²) >= 11 is 1.88. The molecule has 0 fully saturated rings. The van der Waals surface area contributed by atoms with Crippen LogP contribution in [0.3, 0.4) is 0 Å². The summed E-state index contributed by atoms with van der Waals surface area (Å²) in [5, 5.41) is 1.12. The number of rotatable bonds is 3. The first kappa shape index (κ1) is 10.6. The molecule has 0 unspecified atom stereocenters. The third kappa shape index (κ3) is 2.02. The molecule has 0 atom stereocenters. The highest BCUT2D eigenvalue weighted by Crippen LogP contribution is 2.22. The van der Waals surface area contributed by atoms with E-state index in [1.54, 1.807) is 6.07 Å². The molecule has 0 amide bonds. The maximum absolute atomic E-state index is 13.1. The molecule has 0 spiro atoms. The molecule has 0 bridgehead atoms. The van der Waals surface area contributed by atoms with Crippen LogP contribution in [0.4, 0.5) is 4.39 Å². The van der Waals surface area contributed by atoms with Crippen molar-refractivity contribution in [2.75, 3.05) is 5.75 Å². The van der Waals surface area contributed by atoms with Gasteiger partial charge in [-0.25, -0.2) is 4.39 Å². The summed E-state index contributed by atoms with van der Waals surface area (Å²) in [6.07, 6.45) is 0. The Morgan fingerprint density at radius 3 is 2.87 bits per heavy atom. The van der Waals surface area contributed by atoms with Gasteiger partial charge in [0.15, 0.2) is 0 Å². The van der Waals surface area contributed by atoms with Gasteiger partial charge in [-0.2, -0.15) is 11.8 Å². The summed E-state index contributed by atoms with van der Waals surface area (Å²) in [6, 6.07) is 7.08. The number of nitrogens with zero attached hydrogens (tertiary/aromatic N) is 1. The Kier molecular flexibility index (Phi) is 3.00. The predicted octanol–water partition coefficient (Wildman–Crippen LogP) is 3.57. The Balaban J connectivity index is 2.45. The Morgan fingerprint density at radius 2 is 2.13 bits per heavy atom.